The minimum atomic E-state index is -1.83. The van der Waals surface area contributed by atoms with Crippen molar-refractivity contribution in [2.75, 3.05) is 6.35 Å². The molecule has 0 amide bonds. The summed E-state index contributed by atoms with van der Waals surface area (Å²) in [6.07, 6.45) is 0.934. The van der Waals surface area contributed by atoms with Crippen LogP contribution in [0.5, 0.6) is 0 Å². The van der Waals surface area contributed by atoms with Crippen molar-refractivity contribution in [2.45, 2.75) is 20.0 Å². The maximum Gasteiger partial charge on any atom is 0.171 e. The highest BCUT2D eigenvalue weighted by Gasteiger charge is 2.45. The van der Waals surface area contributed by atoms with Crippen LogP contribution < -0.4 is 28.3 Å². The molecule has 3 rings (SSSR count). The summed E-state index contributed by atoms with van der Waals surface area (Å²) in [5.41, 5.74) is 0. The van der Waals surface area contributed by atoms with Gasteiger partial charge in [0.2, 0.25) is 0 Å². The van der Waals surface area contributed by atoms with E-state index in [0.717, 1.165) is 6.35 Å². The molecule has 0 saturated carbocycles. The average Bonchev–Trinajstić information content (AvgIpc) is 2.65. The molecule has 1 nitrogen and oxygen atoms in total. The summed E-state index contributed by atoms with van der Waals surface area (Å²) in [6, 6.07) is 32.5. The van der Waals surface area contributed by atoms with Crippen LogP contribution in [-0.2, 0) is 4.74 Å². The Bertz CT molecular complexity index is 648. The van der Waals surface area contributed by atoms with Crippen LogP contribution in [-0.4, -0.2) is 12.5 Å². The average molecular weight is 371 g/mol. The predicted molar refractivity (Wildman–Crippen MR) is 106 cm³/mol. The van der Waals surface area contributed by atoms with Crippen LogP contribution >= 0.6 is 7.26 Å². The van der Waals surface area contributed by atoms with Crippen molar-refractivity contribution in [3.05, 3.63) is 91.0 Å². The second-order valence-electron chi connectivity index (χ2n) is 6.16. The Labute approximate surface area is 157 Å². The van der Waals surface area contributed by atoms with Gasteiger partial charge in [0, 0.05) is 0 Å². The summed E-state index contributed by atoms with van der Waals surface area (Å²) in [6.45, 7) is 4.21. The van der Waals surface area contributed by atoms with Crippen LogP contribution in [0, 0.1) is 0 Å². The Balaban J connectivity index is 0.00000225. The van der Waals surface area contributed by atoms with Gasteiger partial charge in [-0.2, -0.15) is 0 Å². The Morgan fingerprint density at radius 2 is 0.960 bits per heavy atom. The first kappa shape index (κ1) is 19.7. The third-order valence-corrected chi connectivity index (χ3v) is 8.27. The molecule has 0 fully saturated rings. The first-order valence-corrected chi connectivity index (χ1v) is 10.4. The second-order valence-corrected chi connectivity index (χ2v) is 9.59. The summed E-state index contributed by atoms with van der Waals surface area (Å²) in [5.74, 6) is 0. The maximum absolute atomic E-state index is 6.22. The Morgan fingerprint density at radius 3 is 1.24 bits per heavy atom. The number of halogens is 1. The molecule has 25 heavy (non-hydrogen) atoms. The molecule has 3 aromatic rings. The van der Waals surface area contributed by atoms with E-state index < -0.39 is 7.26 Å². The van der Waals surface area contributed by atoms with Gasteiger partial charge >= 0.3 is 0 Å². The first-order valence-electron chi connectivity index (χ1n) is 8.40. The molecule has 0 aliphatic carbocycles. The molecule has 3 heteroatoms. The molecular weight excluding hydrogens is 347 g/mol. The molecule has 0 saturated heterocycles. The molecule has 0 aliphatic rings. The molecule has 0 spiro atoms. The van der Waals surface area contributed by atoms with E-state index in [1.807, 2.05) is 0 Å². The monoisotopic (exact) mass is 370 g/mol. The lowest BCUT2D eigenvalue weighted by Crippen LogP contribution is -3.00. The fourth-order valence-electron chi connectivity index (χ4n) is 2.98. The van der Waals surface area contributed by atoms with Gasteiger partial charge in [-0.3, -0.25) is 0 Å². The van der Waals surface area contributed by atoms with Gasteiger partial charge in [0.05, 0.1) is 6.10 Å². The summed E-state index contributed by atoms with van der Waals surface area (Å²) >= 11 is 0. The largest absolute Gasteiger partial charge is 1.00 e. The van der Waals surface area contributed by atoms with Crippen LogP contribution in [0.2, 0.25) is 0 Å². The van der Waals surface area contributed by atoms with Crippen molar-refractivity contribution in [2.24, 2.45) is 0 Å². The van der Waals surface area contributed by atoms with E-state index in [-0.39, 0.29) is 18.5 Å². The Hall–Kier alpha value is -1.66. The van der Waals surface area contributed by atoms with Crippen LogP contribution in [0.15, 0.2) is 91.0 Å². The third kappa shape index (κ3) is 4.30. The topological polar surface area (TPSA) is 9.23 Å². The van der Waals surface area contributed by atoms with Gasteiger partial charge in [-0.05, 0) is 50.2 Å². The van der Waals surface area contributed by atoms with E-state index in [1.165, 1.54) is 15.9 Å². The minimum Gasteiger partial charge on any atom is -1.00 e. The number of benzene rings is 3. The van der Waals surface area contributed by atoms with Crippen molar-refractivity contribution in [3.63, 3.8) is 0 Å². The van der Waals surface area contributed by atoms with E-state index in [0.29, 0.717) is 0 Å². The quantitative estimate of drug-likeness (QED) is 0.595. The summed E-state index contributed by atoms with van der Waals surface area (Å²) in [4.78, 5) is 0. The van der Waals surface area contributed by atoms with Gasteiger partial charge in [0.25, 0.3) is 0 Å². The number of hydrogen-bond acceptors (Lipinski definition) is 1. The summed E-state index contributed by atoms with van der Waals surface area (Å²) in [5, 5.41) is 4.09. The second kappa shape index (κ2) is 9.15. The van der Waals surface area contributed by atoms with Crippen molar-refractivity contribution in [3.8, 4) is 0 Å². The van der Waals surface area contributed by atoms with Crippen molar-refractivity contribution in [1.82, 2.24) is 0 Å². The van der Waals surface area contributed by atoms with E-state index in [1.54, 1.807) is 0 Å². The molecule has 0 unspecified atom stereocenters. The zero-order valence-corrected chi connectivity index (χ0v) is 16.3. The molecule has 0 heterocycles. The highest BCUT2D eigenvalue weighted by molar-refractivity contribution is 7.95. The lowest BCUT2D eigenvalue weighted by atomic mass is 10.4. The van der Waals surface area contributed by atoms with Gasteiger partial charge in [0.15, 0.2) is 6.35 Å². The summed E-state index contributed by atoms with van der Waals surface area (Å²) in [7, 11) is -1.83. The van der Waals surface area contributed by atoms with Crippen molar-refractivity contribution < 1.29 is 17.1 Å². The number of rotatable bonds is 6. The minimum absolute atomic E-state index is 0. The van der Waals surface area contributed by atoms with E-state index in [9.17, 15) is 0 Å². The molecule has 0 atom stereocenters. The van der Waals surface area contributed by atoms with Gasteiger partial charge in [0.1, 0.15) is 23.2 Å². The Morgan fingerprint density at radius 1 is 0.640 bits per heavy atom. The van der Waals surface area contributed by atoms with E-state index in [4.69, 9.17) is 4.74 Å². The van der Waals surface area contributed by atoms with Gasteiger partial charge in [-0.1, -0.05) is 54.6 Å². The normalized spacial score (nSPS) is 11.2. The van der Waals surface area contributed by atoms with Gasteiger partial charge < -0.3 is 17.1 Å². The summed E-state index contributed by atoms with van der Waals surface area (Å²) < 4.78 is 6.22. The van der Waals surface area contributed by atoms with Crippen LogP contribution in [0.25, 0.3) is 0 Å². The SMILES string of the molecule is CC(C)OC[P+](c1ccccc1)(c1ccccc1)c1ccccc1.[Cl-]. The first-order chi connectivity index (χ1) is 11.7. The molecule has 0 radical (unpaired) electrons. The lowest BCUT2D eigenvalue weighted by molar-refractivity contribution is -0.00000631. The van der Waals surface area contributed by atoms with Crippen molar-refractivity contribution in [1.29, 1.82) is 0 Å². The number of hydrogen-bond donors (Lipinski definition) is 0. The van der Waals surface area contributed by atoms with Crippen LogP contribution in [0.1, 0.15) is 13.8 Å². The van der Waals surface area contributed by atoms with Gasteiger partial charge in [-0.25, -0.2) is 0 Å². The highest BCUT2D eigenvalue weighted by atomic mass is 35.5. The van der Waals surface area contributed by atoms with Crippen molar-refractivity contribution >= 4 is 23.2 Å². The highest BCUT2D eigenvalue weighted by Crippen LogP contribution is 2.55. The van der Waals surface area contributed by atoms with Crippen LogP contribution in [0.4, 0.5) is 0 Å². The molecule has 3 aromatic carbocycles. The smallest absolute Gasteiger partial charge is 0.171 e. The molecular formula is C22H24ClOP. The van der Waals surface area contributed by atoms with Gasteiger partial charge in [-0.15, -0.1) is 0 Å². The zero-order valence-electron chi connectivity index (χ0n) is 14.7. The zero-order chi connectivity index (χ0) is 16.8. The Kier molecular flexibility index (Phi) is 7.20. The fraction of sp³-hybridized carbons (Fsp3) is 0.182. The molecule has 130 valence electrons. The maximum atomic E-state index is 6.22. The van der Waals surface area contributed by atoms with E-state index in [2.05, 4.69) is 105 Å². The predicted octanol–water partition coefficient (Wildman–Crippen LogP) is 1.37. The van der Waals surface area contributed by atoms with Crippen LogP contribution in [0.3, 0.4) is 0 Å². The molecule has 0 aromatic heterocycles. The van der Waals surface area contributed by atoms with E-state index >= 15 is 0 Å². The molecule has 0 bridgehead atoms. The number of ether oxygens (including phenoxy) is 1. The molecule has 0 N–H and O–H groups in total. The molecule has 0 aliphatic heterocycles. The third-order valence-electron chi connectivity index (χ3n) is 4.19. The fourth-order valence-corrected chi connectivity index (χ4v) is 6.89. The standard InChI is InChI=1S/C22H24OP.ClH/c1-19(2)23-18-24(20-12-6-3-7-13-20,21-14-8-4-9-15-21)22-16-10-5-11-17-22;/h3-17,19H,18H2,1-2H3;1H/q+1;/p-1. The lowest BCUT2D eigenvalue weighted by Gasteiger charge is -2.28.